The molecule has 1 aliphatic heterocycles. The van der Waals surface area contributed by atoms with Crippen LogP contribution in [0.15, 0.2) is 42.6 Å². The van der Waals surface area contributed by atoms with Crippen LogP contribution in [0.4, 0.5) is 4.39 Å². The van der Waals surface area contributed by atoms with Gasteiger partial charge < -0.3 is 14.6 Å². The first kappa shape index (κ1) is 22.6. The van der Waals surface area contributed by atoms with Crippen molar-refractivity contribution in [3.05, 3.63) is 65.2 Å². The van der Waals surface area contributed by atoms with Crippen LogP contribution in [0, 0.1) is 17.2 Å². The fourth-order valence-electron chi connectivity index (χ4n) is 5.52. The highest BCUT2D eigenvalue weighted by molar-refractivity contribution is 5.84. The number of nitrogens with zero attached hydrogens (tertiary/aromatic N) is 3. The lowest BCUT2D eigenvalue weighted by Gasteiger charge is -2.35. The van der Waals surface area contributed by atoms with Crippen molar-refractivity contribution in [1.29, 1.82) is 0 Å². The number of carbonyl (C=O) groups excluding carboxylic acids is 1. The minimum atomic E-state index is -0.733. The molecule has 0 radical (unpaired) electrons. The van der Waals surface area contributed by atoms with Crippen molar-refractivity contribution in [2.75, 3.05) is 6.54 Å². The third kappa shape index (κ3) is 4.19. The molecule has 3 aromatic rings. The van der Waals surface area contributed by atoms with Gasteiger partial charge in [0, 0.05) is 36.8 Å². The monoisotopic (exact) mass is 463 g/mol. The molecule has 1 aromatic carbocycles. The zero-order valence-electron chi connectivity index (χ0n) is 19.5. The maximum Gasteiger partial charge on any atom is 0.309 e. The molecule has 1 amide bonds. The van der Waals surface area contributed by atoms with Crippen LogP contribution in [0.1, 0.15) is 55.8 Å². The Morgan fingerprint density at radius 3 is 2.62 bits per heavy atom. The van der Waals surface area contributed by atoms with Gasteiger partial charge in [-0.05, 0) is 80.3 Å². The van der Waals surface area contributed by atoms with E-state index in [1.807, 2.05) is 17.9 Å². The molecule has 1 fully saturated rings. The topological polar surface area (TPSA) is 75.4 Å². The molecule has 0 saturated heterocycles. The summed E-state index contributed by atoms with van der Waals surface area (Å²) < 4.78 is 15.6. The summed E-state index contributed by atoms with van der Waals surface area (Å²) in [7, 11) is 0. The van der Waals surface area contributed by atoms with Crippen molar-refractivity contribution in [3.63, 3.8) is 0 Å². The van der Waals surface area contributed by atoms with Crippen molar-refractivity contribution in [2.24, 2.45) is 11.3 Å². The van der Waals surface area contributed by atoms with Crippen LogP contribution in [-0.2, 0) is 29.1 Å². The normalized spacial score (nSPS) is 22.5. The number of pyridine rings is 1. The number of hydrogen-bond donors (Lipinski definition) is 1. The Morgan fingerprint density at radius 2 is 1.91 bits per heavy atom. The molecule has 0 atom stereocenters. The van der Waals surface area contributed by atoms with Gasteiger partial charge in [-0.1, -0.05) is 12.1 Å². The van der Waals surface area contributed by atoms with Crippen molar-refractivity contribution in [3.8, 4) is 0 Å². The summed E-state index contributed by atoms with van der Waals surface area (Å²) in [4.78, 5) is 31.3. The molecule has 1 aliphatic carbocycles. The maximum atomic E-state index is 13.4. The first-order chi connectivity index (χ1) is 16.3. The molecule has 1 N–H and O–H groups in total. The van der Waals surface area contributed by atoms with Crippen molar-refractivity contribution in [2.45, 2.75) is 58.5 Å². The highest BCUT2D eigenvalue weighted by atomic mass is 19.1. The number of benzene rings is 1. The van der Waals surface area contributed by atoms with Crippen LogP contribution >= 0.6 is 0 Å². The highest BCUT2D eigenvalue weighted by Crippen LogP contribution is 2.40. The molecule has 1 saturated carbocycles. The lowest BCUT2D eigenvalue weighted by atomic mass is 9.71. The van der Waals surface area contributed by atoms with E-state index >= 15 is 0 Å². The van der Waals surface area contributed by atoms with Crippen LogP contribution in [-0.4, -0.2) is 38.0 Å². The van der Waals surface area contributed by atoms with Gasteiger partial charge in [-0.25, -0.2) is 9.37 Å². The number of carbonyl (C=O) groups is 2. The molecular weight excluding hydrogens is 433 g/mol. The zero-order chi connectivity index (χ0) is 23.9. The third-order valence-corrected chi connectivity index (χ3v) is 7.81. The Bertz CT molecular complexity index is 1230. The lowest BCUT2D eigenvalue weighted by Crippen LogP contribution is -2.39. The van der Waals surface area contributed by atoms with Crippen molar-refractivity contribution in [1.82, 2.24) is 14.5 Å². The smallest absolute Gasteiger partial charge is 0.309 e. The van der Waals surface area contributed by atoms with E-state index in [1.165, 1.54) is 17.7 Å². The first-order valence-corrected chi connectivity index (χ1v) is 12.0. The quantitative estimate of drug-likeness (QED) is 0.591. The number of halogens is 1. The SMILES string of the molecule is C[C@]1(C(=O)O)CC[C@@H](CC(=O)N2CCc3c(n(Cc4ccc(F)cc4)c4ncccc34)C2)CC1. The standard InChI is InChI=1S/C27H30FN3O3/c1-27(26(33)34)11-8-18(9-12-27)15-24(32)30-14-10-21-22-3-2-13-29-25(22)31(23(21)17-30)16-19-4-6-20(28)7-5-19/h2-7,13,18H,8-12,14-17H2,1H3,(H,33,34)/t18-,27+. The van der Waals surface area contributed by atoms with Crippen LogP contribution in [0.2, 0.25) is 0 Å². The van der Waals surface area contributed by atoms with Gasteiger partial charge >= 0.3 is 5.97 Å². The largest absolute Gasteiger partial charge is 0.481 e. The van der Waals surface area contributed by atoms with Gasteiger partial charge in [-0.15, -0.1) is 0 Å². The highest BCUT2D eigenvalue weighted by Gasteiger charge is 2.38. The molecule has 6 nitrogen and oxygen atoms in total. The van der Waals surface area contributed by atoms with E-state index in [9.17, 15) is 19.1 Å². The van der Waals surface area contributed by atoms with E-state index in [4.69, 9.17) is 0 Å². The molecule has 7 heteroatoms. The van der Waals surface area contributed by atoms with Crippen molar-refractivity contribution >= 4 is 22.9 Å². The lowest BCUT2D eigenvalue weighted by molar-refractivity contribution is -0.150. The Kier molecular flexibility index (Phi) is 5.88. The summed E-state index contributed by atoms with van der Waals surface area (Å²) >= 11 is 0. The van der Waals surface area contributed by atoms with E-state index in [-0.39, 0.29) is 17.6 Å². The number of rotatable bonds is 5. The summed E-state index contributed by atoms with van der Waals surface area (Å²) in [5.74, 6) is -0.609. The van der Waals surface area contributed by atoms with Gasteiger partial charge in [0.05, 0.1) is 12.0 Å². The number of aromatic nitrogens is 2. The minimum Gasteiger partial charge on any atom is -0.481 e. The van der Waals surface area contributed by atoms with E-state index in [0.717, 1.165) is 41.6 Å². The maximum absolute atomic E-state index is 13.4. The van der Waals surface area contributed by atoms with Gasteiger partial charge in [0.2, 0.25) is 5.91 Å². The third-order valence-electron chi connectivity index (χ3n) is 7.81. The average molecular weight is 464 g/mol. The second-order valence-corrected chi connectivity index (χ2v) is 10.1. The van der Waals surface area contributed by atoms with Gasteiger partial charge in [-0.2, -0.15) is 0 Å². The number of hydrogen-bond acceptors (Lipinski definition) is 3. The van der Waals surface area contributed by atoms with Crippen molar-refractivity contribution < 1.29 is 19.1 Å². The second-order valence-electron chi connectivity index (χ2n) is 10.1. The fraction of sp³-hybridized carbons (Fsp3) is 0.444. The van der Waals surface area contributed by atoms with Crippen LogP contribution in [0.3, 0.4) is 0 Å². The number of aliphatic carboxylic acids is 1. The number of carboxylic acids is 1. The molecule has 5 rings (SSSR count). The molecule has 0 bridgehead atoms. The molecular formula is C27H30FN3O3. The predicted molar refractivity (Wildman–Crippen MR) is 127 cm³/mol. The molecule has 0 unspecified atom stereocenters. The molecule has 3 heterocycles. The zero-order valence-corrected chi connectivity index (χ0v) is 19.5. The molecule has 2 aromatic heterocycles. The average Bonchev–Trinajstić information content (AvgIpc) is 3.15. The van der Waals surface area contributed by atoms with Crippen LogP contribution in [0.25, 0.3) is 11.0 Å². The number of amides is 1. The summed E-state index contributed by atoms with van der Waals surface area (Å²) in [6.07, 6.45) is 5.85. The second kappa shape index (κ2) is 8.85. The van der Waals surface area contributed by atoms with Crippen LogP contribution < -0.4 is 0 Å². The molecule has 34 heavy (non-hydrogen) atoms. The molecule has 2 aliphatic rings. The van der Waals surface area contributed by atoms with Gasteiger partial charge in [-0.3, -0.25) is 9.59 Å². The van der Waals surface area contributed by atoms with Gasteiger partial charge in [0.15, 0.2) is 0 Å². The summed E-state index contributed by atoms with van der Waals surface area (Å²) in [6, 6.07) is 10.5. The predicted octanol–water partition coefficient (Wildman–Crippen LogP) is 4.78. The number of carboxylic acid groups (broad SMARTS) is 1. The van der Waals surface area contributed by atoms with E-state index in [1.54, 1.807) is 18.3 Å². The van der Waals surface area contributed by atoms with Gasteiger partial charge in [0.1, 0.15) is 11.5 Å². The Hall–Kier alpha value is -3.22. The molecule has 178 valence electrons. The fourth-order valence-corrected chi connectivity index (χ4v) is 5.52. The van der Waals surface area contributed by atoms with Crippen LogP contribution in [0.5, 0.6) is 0 Å². The summed E-state index contributed by atoms with van der Waals surface area (Å²) in [5, 5.41) is 10.6. The summed E-state index contributed by atoms with van der Waals surface area (Å²) in [5.41, 5.74) is 3.56. The Labute approximate surface area is 198 Å². The number of fused-ring (bicyclic) bond motifs is 3. The van der Waals surface area contributed by atoms with E-state index < -0.39 is 11.4 Å². The van der Waals surface area contributed by atoms with E-state index in [0.29, 0.717) is 38.9 Å². The van der Waals surface area contributed by atoms with Gasteiger partial charge in [0.25, 0.3) is 0 Å². The molecule has 0 spiro atoms. The Morgan fingerprint density at radius 1 is 1.18 bits per heavy atom. The first-order valence-electron chi connectivity index (χ1n) is 12.0. The summed E-state index contributed by atoms with van der Waals surface area (Å²) in [6.45, 7) is 3.59. The Balaban J connectivity index is 1.34. The van der Waals surface area contributed by atoms with E-state index in [2.05, 4.69) is 15.6 Å². The minimum absolute atomic E-state index is 0.140.